The Balaban J connectivity index is 1.39. The molecule has 0 spiro atoms. The van der Waals surface area contributed by atoms with Crippen LogP contribution in [0.5, 0.6) is 17.2 Å². The van der Waals surface area contributed by atoms with Crippen molar-refractivity contribution < 1.29 is 33.8 Å². The van der Waals surface area contributed by atoms with Gasteiger partial charge in [-0.15, -0.1) is 0 Å². The van der Waals surface area contributed by atoms with Crippen molar-refractivity contribution in [1.82, 2.24) is 0 Å². The van der Waals surface area contributed by atoms with E-state index in [2.05, 4.69) is 6.58 Å². The van der Waals surface area contributed by atoms with Crippen LogP contribution in [0.15, 0.2) is 78.9 Å². The van der Waals surface area contributed by atoms with Gasteiger partial charge in [-0.05, 0) is 72.9 Å². The first kappa shape index (κ1) is 31.9. The van der Waals surface area contributed by atoms with E-state index < -0.39 is 16.9 Å². The highest BCUT2D eigenvalue weighted by atomic mass is 16.6. The molecule has 0 aliphatic carbocycles. The Morgan fingerprint density at radius 1 is 0.810 bits per heavy atom. The van der Waals surface area contributed by atoms with E-state index in [1.165, 1.54) is 12.1 Å². The van der Waals surface area contributed by atoms with E-state index in [1.54, 1.807) is 61.7 Å². The third kappa shape index (κ3) is 10.1. The summed E-state index contributed by atoms with van der Waals surface area (Å²) in [5, 5.41) is 20.5. The van der Waals surface area contributed by atoms with Crippen LogP contribution in [0.4, 0.5) is 5.69 Å². The number of benzene rings is 3. The van der Waals surface area contributed by atoms with Gasteiger partial charge in [0.15, 0.2) is 0 Å². The Bertz CT molecular complexity index is 1350. The van der Waals surface area contributed by atoms with Gasteiger partial charge in [0.2, 0.25) is 5.75 Å². The van der Waals surface area contributed by atoms with Crippen LogP contribution in [0.25, 0.3) is 11.1 Å². The number of unbranched alkanes of at least 4 members (excludes halogenated alkanes) is 7. The van der Waals surface area contributed by atoms with Gasteiger partial charge in [0, 0.05) is 11.6 Å². The van der Waals surface area contributed by atoms with E-state index in [1.807, 2.05) is 0 Å². The molecule has 3 aromatic carbocycles. The summed E-state index contributed by atoms with van der Waals surface area (Å²) in [6.45, 7) is 4.11. The van der Waals surface area contributed by atoms with Crippen molar-refractivity contribution in [2.45, 2.75) is 57.8 Å². The van der Waals surface area contributed by atoms with Crippen LogP contribution in [0.2, 0.25) is 0 Å². The number of esters is 1. The number of aliphatic carboxylic acids is 1. The standard InChI is InChI=1S/C33H37NO8/c1-24(32(35)36)11-9-7-5-3-4-6-8-10-22-41-29-19-14-26(15-20-29)33(37)42-31-21-16-27(23-30(31)34(38)39)25-12-17-28(40-2)18-13-25/h12-21,23H,1,3-11,22H2,2H3,(H,35,36). The van der Waals surface area contributed by atoms with Gasteiger partial charge in [-0.1, -0.05) is 63.3 Å². The number of methoxy groups -OCH3 is 1. The first-order chi connectivity index (χ1) is 20.3. The van der Waals surface area contributed by atoms with E-state index in [0.29, 0.717) is 30.1 Å². The summed E-state index contributed by atoms with van der Waals surface area (Å²) < 4.78 is 16.3. The number of nitrogens with zero attached hydrogens (tertiary/aromatic N) is 1. The van der Waals surface area contributed by atoms with E-state index in [0.717, 1.165) is 56.9 Å². The van der Waals surface area contributed by atoms with Gasteiger partial charge < -0.3 is 19.3 Å². The fraction of sp³-hybridized carbons (Fsp3) is 0.333. The summed E-state index contributed by atoms with van der Waals surface area (Å²) in [4.78, 5) is 34.5. The second-order valence-corrected chi connectivity index (χ2v) is 9.92. The molecule has 9 heteroatoms. The van der Waals surface area contributed by atoms with Gasteiger partial charge in [0.25, 0.3) is 0 Å². The van der Waals surface area contributed by atoms with Crippen molar-refractivity contribution in [2.24, 2.45) is 0 Å². The van der Waals surface area contributed by atoms with Gasteiger partial charge in [0.05, 0.1) is 24.2 Å². The number of carboxylic acid groups (broad SMARTS) is 1. The fourth-order valence-electron chi connectivity index (χ4n) is 4.35. The first-order valence-electron chi connectivity index (χ1n) is 14.1. The quantitative estimate of drug-likeness (QED) is 0.0404. The van der Waals surface area contributed by atoms with E-state index in [4.69, 9.17) is 19.3 Å². The number of carbonyl (C=O) groups is 2. The van der Waals surface area contributed by atoms with Crippen LogP contribution in [0.1, 0.15) is 68.1 Å². The molecule has 1 N–H and O–H groups in total. The minimum absolute atomic E-state index is 0.133. The van der Waals surface area contributed by atoms with E-state index >= 15 is 0 Å². The molecule has 0 aliphatic heterocycles. The summed E-state index contributed by atoms with van der Waals surface area (Å²) in [7, 11) is 1.56. The molecule has 0 saturated carbocycles. The number of rotatable bonds is 18. The Kier molecular flexibility index (Phi) is 12.6. The zero-order chi connectivity index (χ0) is 30.3. The van der Waals surface area contributed by atoms with Crippen LogP contribution < -0.4 is 14.2 Å². The Morgan fingerprint density at radius 3 is 1.98 bits per heavy atom. The largest absolute Gasteiger partial charge is 0.497 e. The monoisotopic (exact) mass is 575 g/mol. The van der Waals surface area contributed by atoms with E-state index in [9.17, 15) is 19.7 Å². The molecule has 42 heavy (non-hydrogen) atoms. The molecule has 0 amide bonds. The number of hydrogen-bond acceptors (Lipinski definition) is 7. The summed E-state index contributed by atoms with van der Waals surface area (Å²) in [5.74, 6) is -0.439. The van der Waals surface area contributed by atoms with Gasteiger partial charge in [-0.25, -0.2) is 9.59 Å². The number of ether oxygens (including phenoxy) is 3. The minimum Gasteiger partial charge on any atom is -0.497 e. The highest BCUT2D eigenvalue weighted by Crippen LogP contribution is 2.33. The molecule has 9 nitrogen and oxygen atoms in total. The topological polar surface area (TPSA) is 125 Å². The Hall–Kier alpha value is -4.66. The van der Waals surface area contributed by atoms with Crippen molar-refractivity contribution in [3.05, 3.63) is 94.6 Å². The minimum atomic E-state index is -0.910. The van der Waals surface area contributed by atoms with Gasteiger partial charge in [-0.2, -0.15) is 0 Å². The fourth-order valence-corrected chi connectivity index (χ4v) is 4.35. The summed E-state index contributed by atoms with van der Waals surface area (Å²) >= 11 is 0. The van der Waals surface area contributed by atoms with Crippen molar-refractivity contribution in [2.75, 3.05) is 13.7 Å². The molecule has 0 radical (unpaired) electrons. The molecule has 3 rings (SSSR count). The zero-order valence-electron chi connectivity index (χ0n) is 23.9. The molecule has 0 saturated heterocycles. The number of carboxylic acids is 1. The van der Waals surface area contributed by atoms with Crippen LogP contribution in [-0.2, 0) is 4.79 Å². The second-order valence-electron chi connectivity index (χ2n) is 9.92. The predicted molar refractivity (Wildman–Crippen MR) is 160 cm³/mol. The van der Waals surface area contributed by atoms with Gasteiger partial charge in [-0.3, -0.25) is 10.1 Å². The van der Waals surface area contributed by atoms with Gasteiger partial charge >= 0.3 is 17.6 Å². The maximum atomic E-state index is 12.7. The maximum Gasteiger partial charge on any atom is 0.343 e. The predicted octanol–water partition coefficient (Wildman–Crippen LogP) is 8.02. The number of carbonyl (C=O) groups excluding carboxylic acids is 1. The lowest BCUT2D eigenvalue weighted by atomic mass is 10.0. The highest BCUT2D eigenvalue weighted by Gasteiger charge is 2.20. The molecule has 0 heterocycles. The van der Waals surface area contributed by atoms with Crippen LogP contribution >= 0.6 is 0 Å². The average molecular weight is 576 g/mol. The third-order valence-electron chi connectivity index (χ3n) is 6.82. The lowest BCUT2D eigenvalue weighted by Crippen LogP contribution is -2.10. The van der Waals surface area contributed by atoms with Crippen molar-refractivity contribution in [3.8, 4) is 28.4 Å². The molecule has 222 valence electrons. The molecule has 0 bridgehead atoms. The van der Waals surface area contributed by atoms with Crippen molar-refractivity contribution in [3.63, 3.8) is 0 Å². The maximum absolute atomic E-state index is 12.7. The number of nitro benzene ring substituents is 1. The molecular weight excluding hydrogens is 538 g/mol. The van der Waals surface area contributed by atoms with Crippen LogP contribution in [-0.4, -0.2) is 35.7 Å². The van der Waals surface area contributed by atoms with Crippen LogP contribution in [0.3, 0.4) is 0 Å². The van der Waals surface area contributed by atoms with E-state index in [-0.39, 0.29) is 22.6 Å². The smallest absolute Gasteiger partial charge is 0.343 e. The van der Waals surface area contributed by atoms with Crippen molar-refractivity contribution in [1.29, 1.82) is 0 Å². The molecule has 0 aromatic heterocycles. The van der Waals surface area contributed by atoms with Crippen LogP contribution in [0, 0.1) is 10.1 Å². The zero-order valence-corrected chi connectivity index (χ0v) is 23.9. The van der Waals surface area contributed by atoms with Crippen molar-refractivity contribution >= 4 is 17.6 Å². The lowest BCUT2D eigenvalue weighted by molar-refractivity contribution is -0.385. The number of hydrogen-bond donors (Lipinski definition) is 1. The lowest BCUT2D eigenvalue weighted by Gasteiger charge is -2.09. The second kappa shape index (κ2) is 16.6. The SMILES string of the molecule is C=C(CCCCCCCCCCOc1ccc(C(=O)Oc2ccc(-c3ccc(OC)cc3)cc2[N+](=O)[O-])cc1)C(=O)O. The Morgan fingerprint density at radius 2 is 1.38 bits per heavy atom. The summed E-state index contributed by atoms with van der Waals surface area (Å²) in [5.41, 5.74) is 1.61. The normalized spacial score (nSPS) is 10.6. The average Bonchev–Trinajstić information content (AvgIpc) is 3.00. The van der Waals surface area contributed by atoms with Gasteiger partial charge in [0.1, 0.15) is 11.5 Å². The molecule has 0 fully saturated rings. The number of nitro groups is 1. The summed E-state index contributed by atoms with van der Waals surface area (Å²) in [6.07, 6.45) is 8.89. The molecule has 0 atom stereocenters. The summed E-state index contributed by atoms with van der Waals surface area (Å²) in [6, 6.07) is 18.1. The highest BCUT2D eigenvalue weighted by molar-refractivity contribution is 5.92. The molecule has 0 unspecified atom stereocenters. The third-order valence-corrected chi connectivity index (χ3v) is 6.82. The Labute approximate surface area is 245 Å². The molecule has 3 aromatic rings. The molecular formula is C33H37NO8. The molecule has 0 aliphatic rings. The first-order valence-corrected chi connectivity index (χ1v) is 14.1.